The number of aliphatic hydroxyl groups is 1. The molecular weight excluding hydrogens is 289 g/mol. The molecule has 0 saturated carbocycles. The molecule has 0 bridgehead atoms. The fraction of sp³-hybridized carbons (Fsp3) is 0.0769. The minimum Gasteiger partial charge on any atom is -0.454 e. The average molecular weight is 298 g/mol. The van der Waals surface area contributed by atoms with Gasteiger partial charge in [0.1, 0.15) is 5.75 Å². The first-order valence-corrected chi connectivity index (χ1v) is 5.90. The van der Waals surface area contributed by atoms with Crippen LogP contribution in [0, 0.1) is 15.9 Å². The van der Waals surface area contributed by atoms with Crippen molar-refractivity contribution < 1.29 is 19.2 Å². The predicted molar refractivity (Wildman–Crippen MR) is 70.5 cm³/mol. The van der Waals surface area contributed by atoms with Gasteiger partial charge in [0.2, 0.25) is 0 Å². The fourth-order valence-corrected chi connectivity index (χ4v) is 1.77. The van der Waals surface area contributed by atoms with Crippen LogP contribution in [-0.2, 0) is 6.61 Å². The van der Waals surface area contributed by atoms with Gasteiger partial charge in [-0.2, -0.15) is 0 Å². The highest BCUT2D eigenvalue weighted by molar-refractivity contribution is 6.30. The van der Waals surface area contributed by atoms with Gasteiger partial charge in [-0.05, 0) is 24.3 Å². The molecule has 0 atom stereocenters. The third-order valence-corrected chi connectivity index (χ3v) is 2.77. The summed E-state index contributed by atoms with van der Waals surface area (Å²) in [6.07, 6.45) is 0. The first kappa shape index (κ1) is 14.2. The monoisotopic (exact) mass is 297 g/mol. The lowest BCUT2D eigenvalue weighted by atomic mass is 10.2. The predicted octanol–water partition coefficient (Wildman–Crippen LogP) is 3.67. The Labute approximate surface area is 118 Å². The quantitative estimate of drug-likeness (QED) is 0.690. The van der Waals surface area contributed by atoms with Crippen LogP contribution < -0.4 is 4.74 Å². The maximum absolute atomic E-state index is 13.7. The van der Waals surface area contributed by atoms with E-state index >= 15 is 0 Å². The van der Waals surface area contributed by atoms with Gasteiger partial charge < -0.3 is 9.84 Å². The van der Waals surface area contributed by atoms with Gasteiger partial charge in [0.25, 0.3) is 5.69 Å². The second kappa shape index (κ2) is 5.85. The molecule has 0 unspecified atom stereocenters. The summed E-state index contributed by atoms with van der Waals surface area (Å²) >= 11 is 5.77. The maximum Gasteiger partial charge on any atom is 0.272 e. The molecule has 0 radical (unpaired) electrons. The zero-order valence-corrected chi connectivity index (χ0v) is 10.8. The molecule has 0 aromatic heterocycles. The summed E-state index contributed by atoms with van der Waals surface area (Å²) in [7, 11) is 0. The molecule has 0 fully saturated rings. The molecule has 0 heterocycles. The van der Waals surface area contributed by atoms with Gasteiger partial charge in [-0.1, -0.05) is 11.6 Å². The van der Waals surface area contributed by atoms with Gasteiger partial charge in [0, 0.05) is 16.7 Å². The van der Waals surface area contributed by atoms with Crippen LogP contribution in [0.4, 0.5) is 10.1 Å². The largest absolute Gasteiger partial charge is 0.454 e. The zero-order chi connectivity index (χ0) is 14.7. The second-order valence-corrected chi connectivity index (χ2v) is 4.32. The van der Waals surface area contributed by atoms with E-state index in [0.29, 0.717) is 10.6 Å². The number of ether oxygens (including phenoxy) is 1. The molecule has 2 aromatic carbocycles. The smallest absolute Gasteiger partial charge is 0.272 e. The van der Waals surface area contributed by atoms with Crippen LogP contribution in [0.25, 0.3) is 0 Å². The Balaban J connectivity index is 2.33. The Morgan fingerprint density at radius 3 is 2.55 bits per heavy atom. The van der Waals surface area contributed by atoms with E-state index in [4.69, 9.17) is 16.3 Å². The summed E-state index contributed by atoms with van der Waals surface area (Å²) in [6.45, 7) is -0.329. The fourth-order valence-electron chi connectivity index (χ4n) is 1.58. The summed E-state index contributed by atoms with van der Waals surface area (Å²) < 4.78 is 19.0. The van der Waals surface area contributed by atoms with Crippen molar-refractivity contribution >= 4 is 17.3 Å². The van der Waals surface area contributed by atoms with E-state index in [1.165, 1.54) is 18.2 Å². The van der Waals surface area contributed by atoms with Gasteiger partial charge in [-0.15, -0.1) is 0 Å². The average Bonchev–Trinajstić information content (AvgIpc) is 2.42. The van der Waals surface area contributed by atoms with Crippen molar-refractivity contribution in [2.45, 2.75) is 6.61 Å². The highest BCUT2D eigenvalue weighted by atomic mass is 35.5. The van der Waals surface area contributed by atoms with Crippen molar-refractivity contribution in [3.8, 4) is 11.5 Å². The number of nitro groups is 1. The Morgan fingerprint density at radius 2 is 1.95 bits per heavy atom. The van der Waals surface area contributed by atoms with Gasteiger partial charge >= 0.3 is 0 Å². The third-order valence-electron chi connectivity index (χ3n) is 2.54. The standard InChI is InChI=1S/C13H9ClFNO4/c14-9-1-3-12(8(5-9)7-17)20-13-4-2-10(16(18)19)6-11(13)15/h1-6,17H,7H2. The summed E-state index contributed by atoms with van der Waals surface area (Å²) in [6, 6.07) is 7.55. The Morgan fingerprint density at radius 1 is 1.25 bits per heavy atom. The summed E-state index contributed by atoms with van der Waals surface area (Å²) in [5, 5.41) is 20.1. The van der Waals surface area contributed by atoms with E-state index in [-0.39, 0.29) is 23.8 Å². The van der Waals surface area contributed by atoms with Crippen LogP contribution in [-0.4, -0.2) is 10.0 Å². The maximum atomic E-state index is 13.7. The van der Waals surface area contributed by atoms with Gasteiger partial charge in [-0.3, -0.25) is 10.1 Å². The van der Waals surface area contributed by atoms with Crippen LogP contribution in [0.1, 0.15) is 5.56 Å². The van der Waals surface area contributed by atoms with Crippen molar-refractivity contribution in [1.29, 1.82) is 0 Å². The molecule has 0 amide bonds. The first-order chi connectivity index (χ1) is 9.51. The third kappa shape index (κ3) is 3.04. The second-order valence-electron chi connectivity index (χ2n) is 3.88. The Bertz CT molecular complexity index is 663. The van der Waals surface area contributed by atoms with E-state index in [0.717, 1.165) is 18.2 Å². The highest BCUT2D eigenvalue weighted by Crippen LogP contribution is 2.31. The number of non-ortho nitro benzene ring substituents is 1. The summed E-state index contributed by atoms with van der Waals surface area (Å²) in [4.78, 5) is 9.81. The Kier molecular flexibility index (Phi) is 4.16. The van der Waals surface area contributed by atoms with Gasteiger partial charge in [0.05, 0.1) is 17.6 Å². The molecule has 20 heavy (non-hydrogen) atoms. The molecule has 0 spiro atoms. The minimum absolute atomic E-state index is 0.173. The van der Waals surface area contributed by atoms with Crippen molar-refractivity contribution in [3.05, 3.63) is 62.9 Å². The summed E-state index contributed by atoms with van der Waals surface area (Å²) in [5.74, 6) is -0.810. The molecule has 0 aliphatic heterocycles. The SMILES string of the molecule is O=[N+]([O-])c1ccc(Oc2ccc(Cl)cc2CO)c(F)c1. The molecule has 0 aliphatic carbocycles. The van der Waals surface area contributed by atoms with Crippen LogP contribution >= 0.6 is 11.6 Å². The van der Waals surface area contributed by atoms with Crippen molar-refractivity contribution in [3.63, 3.8) is 0 Å². The number of hydrogen-bond donors (Lipinski definition) is 1. The van der Waals surface area contributed by atoms with Gasteiger partial charge in [-0.25, -0.2) is 4.39 Å². The Hall–Kier alpha value is -2.18. The van der Waals surface area contributed by atoms with Crippen LogP contribution in [0.3, 0.4) is 0 Å². The van der Waals surface area contributed by atoms with Crippen LogP contribution in [0.5, 0.6) is 11.5 Å². The number of rotatable bonds is 4. The molecular formula is C13H9ClFNO4. The van der Waals surface area contributed by atoms with E-state index < -0.39 is 10.7 Å². The molecule has 104 valence electrons. The number of benzene rings is 2. The van der Waals surface area contributed by atoms with Gasteiger partial charge in [0.15, 0.2) is 11.6 Å². The number of halogens is 2. The van der Waals surface area contributed by atoms with Crippen LogP contribution in [0.2, 0.25) is 5.02 Å². The summed E-state index contributed by atoms with van der Waals surface area (Å²) in [5.41, 5.74) is 0.0172. The van der Waals surface area contributed by atoms with E-state index in [2.05, 4.69) is 0 Å². The lowest BCUT2D eigenvalue weighted by Crippen LogP contribution is -1.95. The highest BCUT2D eigenvalue weighted by Gasteiger charge is 2.13. The topological polar surface area (TPSA) is 72.6 Å². The zero-order valence-electron chi connectivity index (χ0n) is 10.0. The van der Waals surface area contributed by atoms with E-state index in [9.17, 15) is 19.6 Å². The minimum atomic E-state index is -0.863. The lowest BCUT2D eigenvalue weighted by molar-refractivity contribution is -0.385. The first-order valence-electron chi connectivity index (χ1n) is 5.52. The number of hydrogen-bond acceptors (Lipinski definition) is 4. The van der Waals surface area contributed by atoms with Crippen LogP contribution in [0.15, 0.2) is 36.4 Å². The van der Waals surface area contributed by atoms with Crippen molar-refractivity contribution in [2.24, 2.45) is 0 Å². The molecule has 1 N–H and O–H groups in total. The number of nitro benzene ring substituents is 1. The molecule has 0 aliphatic rings. The van der Waals surface area contributed by atoms with E-state index in [1.54, 1.807) is 0 Å². The molecule has 2 rings (SSSR count). The molecule has 0 saturated heterocycles. The molecule has 7 heteroatoms. The number of aliphatic hydroxyl groups excluding tert-OH is 1. The normalized spacial score (nSPS) is 10.3. The molecule has 2 aromatic rings. The van der Waals surface area contributed by atoms with Crippen molar-refractivity contribution in [1.82, 2.24) is 0 Å². The molecule has 5 nitrogen and oxygen atoms in total. The lowest BCUT2D eigenvalue weighted by Gasteiger charge is -2.10. The van der Waals surface area contributed by atoms with Crippen molar-refractivity contribution in [2.75, 3.05) is 0 Å². The van der Waals surface area contributed by atoms with E-state index in [1.807, 2.05) is 0 Å². The number of nitrogens with zero attached hydrogens (tertiary/aromatic N) is 1.